The molecule has 0 saturated heterocycles. The van der Waals surface area contributed by atoms with E-state index in [0.717, 1.165) is 5.75 Å². The first kappa shape index (κ1) is 17.3. The monoisotopic (exact) mass is 336 g/mol. The van der Waals surface area contributed by atoms with Gasteiger partial charge in [-0.1, -0.05) is 30.3 Å². The molecule has 0 spiro atoms. The summed E-state index contributed by atoms with van der Waals surface area (Å²) in [5, 5.41) is 0. The van der Waals surface area contributed by atoms with E-state index in [0.29, 0.717) is 6.61 Å². The molecule has 0 radical (unpaired) electrons. The molecule has 0 bridgehead atoms. The highest BCUT2D eigenvalue weighted by Crippen LogP contribution is 2.52. The molecule has 2 rings (SSSR count). The fourth-order valence-corrected chi connectivity index (χ4v) is 4.05. The van der Waals surface area contributed by atoms with Gasteiger partial charge in [0.15, 0.2) is 0 Å². The maximum atomic E-state index is 6.09. The molecular formula is C19H28OS2. The minimum atomic E-state index is -0.758. The summed E-state index contributed by atoms with van der Waals surface area (Å²) in [7, 11) is -1.52. The zero-order valence-corrected chi connectivity index (χ0v) is 16.2. The number of ether oxygens (including phenoxy) is 1. The molecule has 0 atom stereocenters. The van der Waals surface area contributed by atoms with Gasteiger partial charge < -0.3 is 4.74 Å². The van der Waals surface area contributed by atoms with Crippen LogP contribution in [0.4, 0.5) is 0 Å². The summed E-state index contributed by atoms with van der Waals surface area (Å²) in [6.07, 6.45) is 14.0. The fourth-order valence-electron chi connectivity index (χ4n) is 2.08. The van der Waals surface area contributed by atoms with Crippen molar-refractivity contribution in [2.24, 2.45) is 0 Å². The zero-order chi connectivity index (χ0) is 16.4. The highest BCUT2D eigenvalue weighted by atomic mass is 32.3. The molecule has 3 heteroatoms. The minimum absolute atomic E-state index is 0.628. The number of benzene rings is 2. The second kappa shape index (κ2) is 6.59. The summed E-state index contributed by atoms with van der Waals surface area (Å²) in [6, 6.07) is 17.2. The number of hydrogen-bond acceptors (Lipinski definition) is 1. The van der Waals surface area contributed by atoms with E-state index in [1.807, 2.05) is 6.07 Å². The van der Waals surface area contributed by atoms with Crippen LogP contribution >= 0.6 is 20.1 Å². The molecule has 0 N–H and O–H groups in total. The SMILES string of the molecule is CS(C)(C)c1cc(OCc2ccccc2)cc(S(C)(C)C)c1. The predicted molar refractivity (Wildman–Crippen MR) is 104 cm³/mol. The van der Waals surface area contributed by atoms with Crippen molar-refractivity contribution in [1.29, 1.82) is 0 Å². The average Bonchev–Trinajstić information content (AvgIpc) is 2.44. The van der Waals surface area contributed by atoms with Crippen LogP contribution in [0, 0.1) is 0 Å². The third kappa shape index (κ3) is 4.72. The first-order valence-electron chi connectivity index (χ1n) is 7.35. The van der Waals surface area contributed by atoms with Crippen molar-refractivity contribution in [2.45, 2.75) is 16.4 Å². The molecule has 0 fully saturated rings. The van der Waals surface area contributed by atoms with Crippen molar-refractivity contribution in [3.8, 4) is 5.75 Å². The van der Waals surface area contributed by atoms with Gasteiger partial charge in [-0.25, -0.2) is 20.1 Å². The lowest BCUT2D eigenvalue weighted by Crippen LogP contribution is -2.01. The molecular weight excluding hydrogens is 308 g/mol. The first-order valence-corrected chi connectivity index (χ1v) is 13.1. The summed E-state index contributed by atoms with van der Waals surface area (Å²) in [5.41, 5.74) is 1.21. The van der Waals surface area contributed by atoms with Crippen LogP contribution in [0.5, 0.6) is 5.75 Å². The van der Waals surface area contributed by atoms with Crippen LogP contribution < -0.4 is 4.74 Å². The van der Waals surface area contributed by atoms with Gasteiger partial charge in [-0.15, -0.1) is 0 Å². The van der Waals surface area contributed by atoms with Crippen molar-refractivity contribution in [3.63, 3.8) is 0 Å². The van der Waals surface area contributed by atoms with Gasteiger partial charge in [0, 0.05) is 0 Å². The Morgan fingerprint density at radius 2 is 1.23 bits per heavy atom. The maximum absolute atomic E-state index is 6.09. The lowest BCUT2D eigenvalue weighted by Gasteiger charge is -2.31. The standard InChI is InChI=1S/C19H28OS2/c1-21(2,3)18-12-17(13-19(14-18)22(4,5)6)20-15-16-10-8-7-9-11-16/h7-14H,15H2,1-6H3. The molecule has 0 amide bonds. The second-order valence-electron chi connectivity index (χ2n) is 7.09. The van der Waals surface area contributed by atoms with Crippen molar-refractivity contribution >= 4 is 20.1 Å². The summed E-state index contributed by atoms with van der Waals surface area (Å²) < 4.78 is 6.09. The normalized spacial score (nSPS) is 13.7. The van der Waals surface area contributed by atoms with Gasteiger partial charge in [0.2, 0.25) is 0 Å². The molecule has 122 valence electrons. The molecule has 2 aromatic carbocycles. The molecule has 0 heterocycles. The van der Waals surface area contributed by atoms with Gasteiger partial charge >= 0.3 is 0 Å². The Morgan fingerprint density at radius 1 is 0.727 bits per heavy atom. The van der Waals surface area contributed by atoms with Crippen LogP contribution in [0.15, 0.2) is 58.3 Å². The molecule has 0 aliphatic rings. The van der Waals surface area contributed by atoms with Gasteiger partial charge in [0.1, 0.15) is 12.4 Å². The Kier molecular flexibility index (Phi) is 5.18. The van der Waals surface area contributed by atoms with Crippen molar-refractivity contribution in [3.05, 3.63) is 54.1 Å². The topological polar surface area (TPSA) is 9.23 Å². The smallest absolute Gasteiger partial charge is 0.121 e. The van der Waals surface area contributed by atoms with E-state index in [4.69, 9.17) is 4.74 Å². The fraction of sp³-hybridized carbons (Fsp3) is 0.368. The van der Waals surface area contributed by atoms with E-state index in [-0.39, 0.29) is 0 Å². The van der Waals surface area contributed by atoms with Gasteiger partial charge in [-0.05, 0) is 71.1 Å². The van der Waals surface area contributed by atoms with Crippen molar-refractivity contribution < 1.29 is 4.74 Å². The lowest BCUT2D eigenvalue weighted by atomic mass is 10.2. The van der Waals surface area contributed by atoms with Crippen molar-refractivity contribution in [2.75, 3.05) is 37.5 Å². The van der Waals surface area contributed by atoms with Crippen LogP contribution in [0.2, 0.25) is 0 Å². The van der Waals surface area contributed by atoms with Gasteiger partial charge in [-0.3, -0.25) is 0 Å². The molecule has 0 aliphatic heterocycles. The molecule has 0 unspecified atom stereocenters. The third-order valence-corrected chi connectivity index (χ3v) is 6.82. The van der Waals surface area contributed by atoms with Crippen LogP contribution in [0.1, 0.15) is 5.56 Å². The second-order valence-corrected chi connectivity index (χ2v) is 15.4. The van der Waals surface area contributed by atoms with E-state index < -0.39 is 20.1 Å². The highest BCUT2D eigenvalue weighted by molar-refractivity contribution is 8.32. The third-order valence-electron chi connectivity index (χ3n) is 3.52. The Balaban J connectivity index is 2.30. The highest BCUT2D eigenvalue weighted by Gasteiger charge is 2.16. The number of rotatable bonds is 5. The molecule has 1 nitrogen and oxygen atoms in total. The molecule has 22 heavy (non-hydrogen) atoms. The maximum Gasteiger partial charge on any atom is 0.121 e. The van der Waals surface area contributed by atoms with Gasteiger partial charge in [0.05, 0.1) is 0 Å². The quantitative estimate of drug-likeness (QED) is 0.713. The van der Waals surface area contributed by atoms with Crippen LogP contribution in [-0.2, 0) is 6.61 Å². The first-order chi connectivity index (χ1) is 10.2. The van der Waals surface area contributed by atoms with E-state index in [2.05, 4.69) is 80.0 Å². The van der Waals surface area contributed by atoms with E-state index in [1.165, 1.54) is 15.4 Å². The average molecular weight is 337 g/mol. The Hall–Kier alpha value is -1.06. The van der Waals surface area contributed by atoms with Gasteiger partial charge in [0.25, 0.3) is 0 Å². The Bertz CT molecular complexity index is 590. The molecule has 0 aromatic heterocycles. The summed E-state index contributed by atoms with van der Waals surface area (Å²) >= 11 is 0. The molecule has 0 aliphatic carbocycles. The summed E-state index contributed by atoms with van der Waals surface area (Å²) in [4.78, 5) is 2.85. The minimum Gasteiger partial charge on any atom is -0.489 e. The van der Waals surface area contributed by atoms with E-state index in [9.17, 15) is 0 Å². The zero-order valence-electron chi connectivity index (χ0n) is 14.6. The Morgan fingerprint density at radius 3 is 1.68 bits per heavy atom. The van der Waals surface area contributed by atoms with E-state index >= 15 is 0 Å². The van der Waals surface area contributed by atoms with Crippen LogP contribution in [0.25, 0.3) is 0 Å². The van der Waals surface area contributed by atoms with Gasteiger partial charge in [-0.2, -0.15) is 0 Å². The predicted octanol–water partition coefficient (Wildman–Crippen LogP) is 5.37. The largest absolute Gasteiger partial charge is 0.489 e. The van der Waals surface area contributed by atoms with Crippen molar-refractivity contribution in [1.82, 2.24) is 0 Å². The van der Waals surface area contributed by atoms with Crippen LogP contribution in [0.3, 0.4) is 0 Å². The molecule has 2 aromatic rings. The summed E-state index contributed by atoms with van der Waals surface area (Å²) in [6.45, 7) is 0.628. The van der Waals surface area contributed by atoms with Crippen LogP contribution in [-0.4, -0.2) is 37.5 Å². The molecule has 0 saturated carbocycles. The Labute approximate surface area is 138 Å². The number of hydrogen-bond donors (Lipinski definition) is 0. The lowest BCUT2D eigenvalue weighted by molar-refractivity contribution is 0.304. The van der Waals surface area contributed by atoms with E-state index in [1.54, 1.807) is 0 Å². The summed E-state index contributed by atoms with van der Waals surface area (Å²) in [5.74, 6) is 1.00.